The molecule has 0 aliphatic carbocycles. The topological polar surface area (TPSA) is 66.6 Å². The van der Waals surface area contributed by atoms with Gasteiger partial charge < -0.3 is 10.6 Å². The molecular formula is C15H20BrN3O2. The summed E-state index contributed by atoms with van der Waals surface area (Å²) in [5.41, 5.74) is 6.97. The van der Waals surface area contributed by atoms with Crippen LogP contribution in [0.1, 0.15) is 22.3 Å². The first-order chi connectivity index (χ1) is 9.99. The predicted molar refractivity (Wildman–Crippen MR) is 85.0 cm³/mol. The Morgan fingerprint density at radius 2 is 2.00 bits per heavy atom. The second-order valence-corrected chi connectivity index (χ2v) is 6.12. The fraction of sp³-hybridized carbons (Fsp3) is 0.467. The molecule has 0 unspecified atom stereocenters. The number of amides is 2. The van der Waals surface area contributed by atoms with Gasteiger partial charge in [0.15, 0.2) is 0 Å². The number of nitrogens with two attached hydrogens (primary N) is 1. The van der Waals surface area contributed by atoms with Gasteiger partial charge in [-0.05, 0) is 40.9 Å². The summed E-state index contributed by atoms with van der Waals surface area (Å²) < 4.78 is 0.855. The number of halogens is 1. The number of carbonyl (C=O) groups is 2. The average Bonchev–Trinajstić information content (AvgIpc) is 2.66. The molecule has 1 aromatic rings. The molecule has 114 valence electrons. The van der Waals surface area contributed by atoms with E-state index in [4.69, 9.17) is 5.73 Å². The molecule has 1 heterocycles. The number of benzene rings is 1. The molecule has 2 amide bonds. The Bertz CT molecular complexity index is 548. The highest BCUT2D eigenvalue weighted by molar-refractivity contribution is 9.10. The van der Waals surface area contributed by atoms with Crippen molar-refractivity contribution in [1.29, 1.82) is 0 Å². The van der Waals surface area contributed by atoms with Crippen molar-refractivity contribution >= 4 is 27.7 Å². The number of hydrogen-bond acceptors (Lipinski definition) is 3. The van der Waals surface area contributed by atoms with E-state index in [0.717, 1.165) is 23.0 Å². The Hall–Kier alpha value is -1.40. The molecule has 1 saturated heterocycles. The summed E-state index contributed by atoms with van der Waals surface area (Å²) in [5.74, 6) is -0.289. The van der Waals surface area contributed by atoms with Crippen LogP contribution in [0.5, 0.6) is 0 Å². The molecule has 0 aromatic heterocycles. The Morgan fingerprint density at radius 1 is 1.24 bits per heavy atom. The first kappa shape index (κ1) is 16.0. The van der Waals surface area contributed by atoms with E-state index < -0.39 is 0 Å². The molecule has 1 aromatic carbocycles. The number of primary amides is 1. The Balaban J connectivity index is 2.06. The van der Waals surface area contributed by atoms with Gasteiger partial charge in [-0.1, -0.05) is 12.1 Å². The quantitative estimate of drug-likeness (QED) is 0.892. The van der Waals surface area contributed by atoms with E-state index in [1.165, 1.54) is 0 Å². The normalized spacial score (nSPS) is 16.6. The van der Waals surface area contributed by atoms with Gasteiger partial charge in [0, 0.05) is 30.7 Å². The summed E-state index contributed by atoms with van der Waals surface area (Å²) in [5, 5.41) is 0. The maximum absolute atomic E-state index is 12.6. The van der Waals surface area contributed by atoms with Gasteiger partial charge in [-0.25, -0.2) is 0 Å². The minimum atomic E-state index is -0.323. The van der Waals surface area contributed by atoms with Crippen LogP contribution in [-0.4, -0.2) is 54.3 Å². The van der Waals surface area contributed by atoms with Gasteiger partial charge in [-0.15, -0.1) is 0 Å². The molecule has 0 radical (unpaired) electrons. The number of aryl methyl sites for hydroxylation is 1. The van der Waals surface area contributed by atoms with Crippen LogP contribution < -0.4 is 5.73 Å². The third kappa shape index (κ3) is 4.04. The summed E-state index contributed by atoms with van der Waals surface area (Å²) in [4.78, 5) is 27.5. The maximum Gasteiger partial charge on any atom is 0.255 e. The fourth-order valence-corrected chi connectivity index (χ4v) is 2.97. The summed E-state index contributed by atoms with van der Waals surface area (Å²) >= 11 is 3.49. The van der Waals surface area contributed by atoms with E-state index in [1.807, 2.05) is 34.9 Å². The van der Waals surface area contributed by atoms with E-state index in [-0.39, 0.29) is 18.4 Å². The van der Waals surface area contributed by atoms with Crippen molar-refractivity contribution in [3.63, 3.8) is 0 Å². The van der Waals surface area contributed by atoms with Gasteiger partial charge in [0.05, 0.1) is 12.1 Å². The summed E-state index contributed by atoms with van der Waals surface area (Å²) in [6, 6.07) is 5.70. The lowest BCUT2D eigenvalue weighted by molar-refractivity contribution is -0.119. The minimum absolute atomic E-state index is 0.0338. The maximum atomic E-state index is 12.6. The zero-order valence-corrected chi connectivity index (χ0v) is 13.7. The van der Waals surface area contributed by atoms with Crippen LogP contribution >= 0.6 is 15.9 Å². The summed E-state index contributed by atoms with van der Waals surface area (Å²) in [6.45, 7) is 5.02. The lowest BCUT2D eigenvalue weighted by atomic mass is 10.1. The standard InChI is InChI=1S/C15H20BrN3O2/c1-11-4-2-5-12(14(11)16)15(21)19-7-3-6-18(8-9-19)10-13(17)20/h2,4-5H,3,6-10H2,1H3,(H2,17,20). The third-order valence-electron chi connectivity index (χ3n) is 3.68. The van der Waals surface area contributed by atoms with Crippen LogP contribution in [0, 0.1) is 6.92 Å². The Morgan fingerprint density at radius 3 is 2.71 bits per heavy atom. The SMILES string of the molecule is Cc1cccc(C(=O)N2CCCN(CC(N)=O)CC2)c1Br. The van der Waals surface area contributed by atoms with Gasteiger partial charge in [0.25, 0.3) is 5.91 Å². The monoisotopic (exact) mass is 353 g/mol. The molecule has 2 N–H and O–H groups in total. The number of rotatable bonds is 3. The highest BCUT2D eigenvalue weighted by Gasteiger charge is 2.22. The number of hydrogen-bond donors (Lipinski definition) is 1. The molecule has 0 atom stereocenters. The number of carbonyl (C=O) groups excluding carboxylic acids is 2. The predicted octanol–water partition coefficient (Wildman–Crippen LogP) is 1.39. The van der Waals surface area contributed by atoms with Crippen molar-refractivity contribution in [3.05, 3.63) is 33.8 Å². The smallest absolute Gasteiger partial charge is 0.255 e. The van der Waals surface area contributed by atoms with Crippen molar-refractivity contribution in [1.82, 2.24) is 9.80 Å². The van der Waals surface area contributed by atoms with E-state index in [0.29, 0.717) is 25.2 Å². The molecule has 1 aliphatic heterocycles. The molecule has 1 fully saturated rings. The first-order valence-corrected chi connectivity index (χ1v) is 7.83. The second kappa shape index (κ2) is 7.04. The molecule has 2 rings (SSSR count). The van der Waals surface area contributed by atoms with Crippen molar-refractivity contribution in [3.8, 4) is 0 Å². The van der Waals surface area contributed by atoms with Gasteiger partial charge in [-0.3, -0.25) is 14.5 Å². The molecular weight excluding hydrogens is 334 g/mol. The van der Waals surface area contributed by atoms with Gasteiger partial charge >= 0.3 is 0 Å². The van der Waals surface area contributed by atoms with Crippen molar-refractivity contribution in [2.45, 2.75) is 13.3 Å². The van der Waals surface area contributed by atoms with Gasteiger partial charge in [-0.2, -0.15) is 0 Å². The summed E-state index contributed by atoms with van der Waals surface area (Å²) in [6.07, 6.45) is 0.850. The van der Waals surface area contributed by atoms with Crippen LogP contribution in [0.2, 0.25) is 0 Å². The van der Waals surface area contributed by atoms with Crippen LogP contribution in [0.25, 0.3) is 0 Å². The molecule has 0 bridgehead atoms. The van der Waals surface area contributed by atoms with Crippen molar-refractivity contribution < 1.29 is 9.59 Å². The van der Waals surface area contributed by atoms with Crippen LogP contribution in [-0.2, 0) is 4.79 Å². The zero-order chi connectivity index (χ0) is 15.4. The zero-order valence-electron chi connectivity index (χ0n) is 12.1. The minimum Gasteiger partial charge on any atom is -0.369 e. The Kier molecular flexibility index (Phi) is 5.36. The molecule has 21 heavy (non-hydrogen) atoms. The molecule has 0 spiro atoms. The van der Waals surface area contributed by atoms with Crippen LogP contribution in [0.15, 0.2) is 22.7 Å². The Labute approximate surface area is 133 Å². The first-order valence-electron chi connectivity index (χ1n) is 7.04. The van der Waals surface area contributed by atoms with Gasteiger partial charge in [0.2, 0.25) is 5.91 Å². The van der Waals surface area contributed by atoms with E-state index in [2.05, 4.69) is 15.9 Å². The van der Waals surface area contributed by atoms with Crippen LogP contribution in [0.3, 0.4) is 0 Å². The number of nitrogens with zero attached hydrogens (tertiary/aromatic N) is 2. The third-order valence-corrected chi connectivity index (χ3v) is 4.73. The highest BCUT2D eigenvalue weighted by Crippen LogP contribution is 2.23. The fourth-order valence-electron chi connectivity index (χ4n) is 2.54. The van der Waals surface area contributed by atoms with E-state index in [1.54, 1.807) is 0 Å². The van der Waals surface area contributed by atoms with E-state index >= 15 is 0 Å². The molecule has 6 heteroatoms. The highest BCUT2D eigenvalue weighted by atomic mass is 79.9. The van der Waals surface area contributed by atoms with E-state index in [9.17, 15) is 9.59 Å². The van der Waals surface area contributed by atoms with Gasteiger partial charge in [0.1, 0.15) is 0 Å². The summed E-state index contributed by atoms with van der Waals surface area (Å²) in [7, 11) is 0. The van der Waals surface area contributed by atoms with Crippen molar-refractivity contribution in [2.24, 2.45) is 5.73 Å². The lowest BCUT2D eigenvalue weighted by Crippen LogP contribution is -2.38. The largest absolute Gasteiger partial charge is 0.369 e. The van der Waals surface area contributed by atoms with Crippen LogP contribution in [0.4, 0.5) is 0 Å². The average molecular weight is 354 g/mol. The molecule has 1 aliphatic rings. The molecule has 0 saturated carbocycles. The van der Waals surface area contributed by atoms with Crippen molar-refractivity contribution in [2.75, 3.05) is 32.7 Å². The molecule has 5 nitrogen and oxygen atoms in total. The lowest BCUT2D eigenvalue weighted by Gasteiger charge is -2.22. The second-order valence-electron chi connectivity index (χ2n) is 5.32.